The second-order valence-corrected chi connectivity index (χ2v) is 6.60. The van der Waals surface area contributed by atoms with Crippen LogP contribution in [0, 0.1) is 0 Å². The largest absolute Gasteiger partial charge is 0.454 e. The van der Waals surface area contributed by atoms with Gasteiger partial charge in [-0.25, -0.2) is 4.98 Å². The number of amides is 1. The van der Waals surface area contributed by atoms with Crippen LogP contribution in [0.3, 0.4) is 0 Å². The van der Waals surface area contributed by atoms with Gasteiger partial charge in [-0.3, -0.25) is 9.78 Å². The number of hydrogen-bond donors (Lipinski definition) is 1. The highest BCUT2D eigenvalue weighted by atomic mass is 16.7. The van der Waals surface area contributed by atoms with E-state index in [1.165, 1.54) is 0 Å². The van der Waals surface area contributed by atoms with Gasteiger partial charge >= 0.3 is 0 Å². The van der Waals surface area contributed by atoms with Crippen molar-refractivity contribution in [1.29, 1.82) is 0 Å². The Bertz CT molecular complexity index is 769. The zero-order valence-electron chi connectivity index (χ0n) is 14.6. The Kier molecular flexibility index (Phi) is 4.86. The number of piperidine rings is 1. The first kappa shape index (κ1) is 16.6. The summed E-state index contributed by atoms with van der Waals surface area (Å²) in [6, 6.07) is 5.98. The van der Waals surface area contributed by atoms with Crippen molar-refractivity contribution in [2.45, 2.75) is 31.7 Å². The molecule has 7 heteroatoms. The maximum atomic E-state index is 12.3. The molecule has 136 valence electrons. The molecule has 1 amide bonds. The molecule has 1 N–H and O–H groups in total. The Balaban J connectivity index is 1.28. The minimum Gasteiger partial charge on any atom is -0.454 e. The predicted molar refractivity (Wildman–Crippen MR) is 96.3 cm³/mol. The molecule has 0 unspecified atom stereocenters. The van der Waals surface area contributed by atoms with Gasteiger partial charge in [-0.05, 0) is 37.0 Å². The summed E-state index contributed by atoms with van der Waals surface area (Å²) in [4.78, 5) is 23.0. The van der Waals surface area contributed by atoms with E-state index in [0.717, 1.165) is 48.8 Å². The van der Waals surface area contributed by atoms with Gasteiger partial charge in [0.05, 0.1) is 6.20 Å². The molecule has 0 spiro atoms. The third-order valence-corrected chi connectivity index (χ3v) is 4.74. The quantitative estimate of drug-likeness (QED) is 0.884. The molecule has 2 aliphatic heterocycles. The normalized spacial score (nSPS) is 18.6. The van der Waals surface area contributed by atoms with Gasteiger partial charge in [0.15, 0.2) is 11.5 Å². The molecule has 1 atom stereocenters. The van der Waals surface area contributed by atoms with E-state index >= 15 is 0 Å². The number of carbonyl (C=O) groups excluding carboxylic acids is 1. The summed E-state index contributed by atoms with van der Waals surface area (Å²) in [6.07, 6.45) is 8.30. The molecule has 0 bridgehead atoms. The van der Waals surface area contributed by atoms with Gasteiger partial charge in [-0.2, -0.15) is 0 Å². The van der Waals surface area contributed by atoms with E-state index < -0.39 is 0 Å². The maximum absolute atomic E-state index is 12.3. The third-order valence-electron chi connectivity index (χ3n) is 4.74. The summed E-state index contributed by atoms with van der Waals surface area (Å²) >= 11 is 0. The molecule has 2 aromatic rings. The van der Waals surface area contributed by atoms with Crippen LogP contribution >= 0.6 is 0 Å². The zero-order valence-corrected chi connectivity index (χ0v) is 14.6. The lowest BCUT2D eigenvalue weighted by Crippen LogP contribution is -2.48. The maximum Gasteiger partial charge on any atom is 0.231 e. The Morgan fingerprint density at radius 1 is 1.27 bits per heavy atom. The van der Waals surface area contributed by atoms with Crippen molar-refractivity contribution in [3.8, 4) is 11.5 Å². The van der Waals surface area contributed by atoms with Crippen LogP contribution in [0.5, 0.6) is 11.5 Å². The predicted octanol–water partition coefficient (Wildman–Crippen LogP) is 1.92. The number of benzene rings is 1. The lowest BCUT2D eigenvalue weighted by Gasteiger charge is -2.33. The van der Waals surface area contributed by atoms with Gasteiger partial charge in [0, 0.05) is 37.9 Å². The van der Waals surface area contributed by atoms with Crippen LogP contribution in [-0.2, 0) is 11.2 Å². The smallest absolute Gasteiger partial charge is 0.231 e. The first-order chi connectivity index (χ1) is 12.8. The summed E-state index contributed by atoms with van der Waals surface area (Å²) in [7, 11) is 0. The van der Waals surface area contributed by atoms with Crippen LogP contribution in [0.25, 0.3) is 0 Å². The fraction of sp³-hybridized carbons (Fsp3) is 0.421. The summed E-state index contributed by atoms with van der Waals surface area (Å²) in [5, 5.41) is 3.16. The summed E-state index contributed by atoms with van der Waals surface area (Å²) in [5.74, 6) is 2.47. The molecule has 7 nitrogen and oxygen atoms in total. The van der Waals surface area contributed by atoms with Crippen LogP contribution < -0.4 is 19.7 Å². The van der Waals surface area contributed by atoms with E-state index in [1.54, 1.807) is 18.6 Å². The van der Waals surface area contributed by atoms with Crippen molar-refractivity contribution in [1.82, 2.24) is 15.3 Å². The van der Waals surface area contributed by atoms with E-state index in [-0.39, 0.29) is 18.7 Å². The number of aryl methyl sites for hydroxylation is 1. The number of carbonyl (C=O) groups is 1. The molecule has 3 heterocycles. The second kappa shape index (κ2) is 7.59. The first-order valence-electron chi connectivity index (χ1n) is 8.97. The topological polar surface area (TPSA) is 76.6 Å². The molecule has 26 heavy (non-hydrogen) atoms. The number of nitrogens with zero attached hydrogens (tertiary/aromatic N) is 3. The fourth-order valence-corrected chi connectivity index (χ4v) is 3.41. The van der Waals surface area contributed by atoms with Gasteiger partial charge < -0.3 is 19.7 Å². The highest BCUT2D eigenvalue weighted by molar-refractivity contribution is 5.76. The number of fused-ring (bicyclic) bond motifs is 1. The Morgan fingerprint density at radius 3 is 3.08 bits per heavy atom. The minimum absolute atomic E-state index is 0.0775. The molecule has 1 fully saturated rings. The lowest BCUT2D eigenvalue weighted by molar-refractivity contribution is -0.121. The van der Waals surface area contributed by atoms with Crippen LogP contribution in [0.15, 0.2) is 36.8 Å². The van der Waals surface area contributed by atoms with Crippen molar-refractivity contribution in [3.05, 3.63) is 42.4 Å². The van der Waals surface area contributed by atoms with E-state index in [9.17, 15) is 4.79 Å². The molecule has 1 saturated heterocycles. The molecule has 2 aliphatic rings. The van der Waals surface area contributed by atoms with E-state index in [1.807, 2.05) is 18.2 Å². The zero-order chi connectivity index (χ0) is 17.8. The van der Waals surface area contributed by atoms with Crippen molar-refractivity contribution < 1.29 is 14.3 Å². The number of anilines is 1. The van der Waals surface area contributed by atoms with Crippen molar-refractivity contribution in [3.63, 3.8) is 0 Å². The Morgan fingerprint density at radius 2 is 2.19 bits per heavy atom. The number of aromatic nitrogens is 2. The van der Waals surface area contributed by atoms with E-state index in [2.05, 4.69) is 20.2 Å². The number of hydrogen-bond acceptors (Lipinski definition) is 6. The Labute approximate surface area is 152 Å². The number of ether oxygens (including phenoxy) is 2. The SMILES string of the molecule is O=C(CCc1ccc2c(c1)OCO2)N[C@H]1CCCN(c2cnccn2)C1. The third kappa shape index (κ3) is 3.87. The molecule has 0 saturated carbocycles. The van der Waals surface area contributed by atoms with Gasteiger partial charge in [0.1, 0.15) is 5.82 Å². The molecular weight excluding hydrogens is 332 g/mol. The molecule has 0 radical (unpaired) electrons. The van der Waals surface area contributed by atoms with E-state index in [0.29, 0.717) is 12.8 Å². The lowest BCUT2D eigenvalue weighted by atomic mass is 10.0. The Hall–Kier alpha value is -2.83. The fourth-order valence-electron chi connectivity index (χ4n) is 3.41. The van der Waals surface area contributed by atoms with Gasteiger partial charge in [0.2, 0.25) is 12.7 Å². The molecular formula is C19H22N4O3. The van der Waals surface area contributed by atoms with Crippen molar-refractivity contribution >= 4 is 11.7 Å². The second-order valence-electron chi connectivity index (χ2n) is 6.60. The van der Waals surface area contributed by atoms with E-state index in [4.69, 9.17) is 9.47 Å². The summed E-state index contributed by atoms with van der Waals surface area (Å²) in [5.41, 5.74) is 1.08. The first-order valence-corrected chi connectivity index (χ1v) is 8.97. The summed E-state index contributed by atoms with van der Waals surface area (Å²) in [6.45, 7) is 1.99. The average molecular weight is 354 g/mol. The average Bonchev–Trinajstić information content (AvgIpc) is 3.15. The summed E-state index contributed by atoms with van der Waals surface area (Å²) < 4.78 is 10.7. The minimum atomic E-state index is 0.0775. The van der Waals surface area contributed by atoms with Crippen LogP contribution in [-0.4, -0.2) is 41.8 Å². The molecule has 1 aromatic heterocycles. The van der Waals surface area contributed by atoms with Crippen LogP contribution in [0.1, 0.15) is 24.8 Å². The van der Waals surface area contributed by atoms with Crippen LogP contribution in [0.2, 0.25) is 0 Å². The van der Waals surface area contributed by atoms with Crippen LogP contribution in [0.4, 0.5) is 5.82 Å². The molecule has 4 rings (SSSR count). The monoisotopic (exact) mass is 354 g/mol. The standard InChI is InChI=1S/C19H22N4O3/c24-19(6-4-14-3-5-16-17(10-14)26-13-25-16)22-15-2-1-9-23(12-15)18-11-20-7-8-21-18/h3,5,7-8,10-11,15H,1-2,4,6,9,12-13H2,(H,22,24)/t15-/m0/s1. The van der Waals surface area contributed by atoms with Gasteiger partial charge in [-0.15, -0.1) is 0 Å². The number of rotatable bonds is 5. The number of nitrogens with one attached hydrogen (secondary N) is 1. The van der Waals surface area contributed by atoms with Gasteiger partial charge in [0.25, 0.3) is 0 Å². The highest BCUT2D eigenvalue weighted by Crippen LogP contribution is 2.32. The highest BCUT2D eigenvalue weighted by Gasteiger charge is 2.22. The van der Waals surface area contributed by atoms with Crippen molar-refractivity contribution in [2.75, 3.05) is 24.8 Å². The van der Waals surface area contributed by atoms with Crippen molar-refractivity contribution in [2.24, 2.45) is 0 Å². The molecule has 1 aromatic carbocycles. The molecule has 0 aliphatic carbocycles. The van der Waals surface area contributed by atoms with Gasteiger partial charge in [-0.1, -0.05) is 6.07 Å².